The second-order valence-electron chi connectivity index (χ2n) is 8.72. The number of fused-ring (bicyclic) bond motifs is 1. The molecule has 0 bridgehead atoms. The van der Waals surface area contributed by atoms with Gasteiger partial charge in [0, 0.05) is 25.8 Å². The Balaban J connectivity index is 0.00000122. The van der Waals surface area contributed by atoms with Crippen molar-refractivity contribution in [2.24, 2.45) is 0 Å². The second kappa shape index (κ2) is 12.2. The van der Waals surface area contributed by atoms with Crippen molar-refractivity contribution in [3.8, 4) is 6.07 Å². The summed E-state index contributed by atoms with van der Waals surface area (Å²) in [5.41, 5.74) is 4.71. The summed E-state index contributed by atoms with van der Waals surface area (Å²) in [5, 5.41) is 12.4. The summed E-state index contributed by atoms with van der Waals surface area (Å²) in [6.45, 7) is 10.7. The Morgan fingerprint density at radius 2 is 1.73 bits per heavy atom. The van der Waals surface area contributed by atoms with Crippen LogP contribution in [0, 0.1) is 18.3 Å². The number of rotatable bonds is 8. The number of carbonyl (C=O) groups excluding carboxylic acids is 1. The monoisotopic (exact) mass is 448 g/mol. The number of nitrogens with one attached hydrogen (secondary N) is 1. The highest BCUT2D eigenvalue weighted by Crippen LogP contribution is 2.31. The lowest BCUT2D eigenvalue weighted by molar-refractivity contribution is -0.118. The number of ketones is 1. The molecule has 5 heteroatoms. The minimum absolute atomic E-state index is 0.0944. The van der Waals surface area contributed by atoms with Gasteiger partial charge in [0.15, 0.2) is 0 Å². The normalized spacial score (nSPS) is 15.2. The lowest BCUT2D eigenvalue weighted by Gasteiger charge is -2.35. The van der Waals surface area contributed by atoms with E-state index in [0.29, 0.717) is 22.6 Å². The van der Waals surface area contributed by atoms with Gasteiger partial charge in [-0.05, 0) is 36.6 Å². The van der Waals surface area contributed by atoms with Crippen LogP contribution in [0.25, 0.3) is 0 Å². The van der Waals surface area contributed by atoms with E-state index >= 15 is 0 Å². The van der Waals surface area contributed by atoms with E-state index in [9.17, 15) is 10.1 Å². The van der Waals surface area contributed by atoms with Crippen LogP contribution in [0.3, 0.4) is 0 Å². The molecule has 1 aliphatic carbocycles. The molecule has 33 heavy (non-hydrogen) atoms. The van der Waals surface area contributed by atoms with Gasteiger partial charge in [0.1, 0.15) is 18.3 Å². The number of hydrogen-bond donors (Lipinski definition) is 1. The van der Waals surface area contributed by atoms with Crippen molar-refractivity contribution in [2.45, 2.75) is 60.0 Å². The van der Waals surface area contributed by atoms with Gasteiger partial charge in [-0.3, -0.25) is 4.79 Å². The average molecular weight is 449 g/mol. The van der Waals surface area contributed by atoms with Gasteiger partial charge in [0.25, 0.3) is 5.82 Å². The third-order valence-electron chi connectivity index (χ3n) is 5.87. The fraction of sp³-hybridized carbons (Fsp3) is 0.429. The molecule has 2 aromatic rings. The van der Waals surface area contributed by atoms with E-state index in [1.807, 2.05) is 44.3 Å². The van der Waals surface area contributed by atoms with Crippen LogP contribution in [0.4, 0.5) is 5.69 Å². The molecule has 5 nitrogen and oxygen atoms in total. The predicted octanol–water partition coefficient (Wildman–Crippen LogP) is 5.42. The molecule has 2 aromatic carbocycles. The van der Waals surface area contributed by atoms with Crippen molar-refractivity contribution < 1.29 is 9.53 Å². The third-order valence-corrected chi connectivity index (χ3v) is 5.87. The first-order valence-electron chi connectivity index (χ1n) is 11.8. The van der Waals surface area contributed by atoms with Crippen LogP contribution in [0.1, 0.15) is 50.8 Å². The molecule has 0 heterocycles. The molecule has 0 radical (unpaired) electrons. The summed E-state index contributed by atoms with van der Waals surface area (Å²) in [7, 11) is 2.05. The minimum atomic E-state index is -0.142. The van der Waals surface area contributed by atoms with E-state index in [1.54, 1.807) is 0 Å². The van der Waals surface area contributed by atoms with E-state index in [0.717, 1.165) is 24.1 Å². The predicted molar refractivity (Wildman–Crippen MR) is 135 cm³/mol. The fourth-order valence-electron chi connectivity index (χ4n) is 4.08. The molecule has 3 rings (SSSR count). The smallest absolute Gasteiger partial charge is 0.254 e. The Morgan fingerprint density at radius 1 is 1.12 bits per heavy atom. The molecule has 0 amide bonds. The van der Waals surface area contributed by atoms with Gasteiger partial charge in [-0.25, -0.2) is 4.48 Å². The number of nitriles is 1. The average Bonchev–Trinajstić information content (AvgIpc) is 3.21. The molecule has 0 saturated heterocycles. The van der Waals surface area contributed by atoms with E-state index in [4.69, 9.17) is 4.74 Å². The highest BCUT2D eigenvalue weighted by Gasteiger charge is 2.36. The van der Waals surface area contributed by atoms with Crippen LogP contribution in [-0.2, 0) is 22.4 Å². The van der Waals surface area contributed by atoms with E-state index in [2.05, 4.69) is 50.4 Å². The number of hydrogen-bond acceptors (Lipinski definition) is 4. The molecule has 1 atom stereocenters. The molecule has 1 aliphatic rings. The number of allylic oxidation sites excluding steroid dienone is 1. The standard InChI is InChI=1S/C25H29N3O2.C3H8/c1-5-28(4,22-12-8-9-18(2)15-22)25(27-14-13-26)24(19(3)29)30-23-16-20-10-6-7-11-21(20)17-23;1-3-2/h6-12,15,23H,5,14,16-17H2,1-4H3;3H2,1-2H3/p+1. The molecular weight excluding hydrogens is 410 g/mol. The van der Waals surface area contributed by atoms with Crippen LogP contribution >= 0.6 is 0 Å². The van der Waals surface area contributed by atoms with Gasteiger partial charge in [0.2, 0.25) is 11.5 Å². The SMILES string of the molecule is CCC.CC[N+](C)(/C(NCC#N)=C(/OC1Cc2ccccc2C1)C(C)=O)c1cccc(C)c1. The zero-order chi connectivity index (χ0) is 24.4. The van der Waals surface area contributed by atoms with Gasteiger partial charge < -0.3 is 10.1 Å². The molecule has 0 saturated carbocycles. The Bertz CT molecular complexity index is 997. The number of carbonyl (C=O) groups is 1. The van der Waals surface area contributed by atoms with Crippen molar-refractivity contribution in [3.63, 3.8) is 0 Å². The van der Waals surface area contributed by atoms with Crippen molar-refractivity contribution >= 4 is 11.5 Å². The van der Waals surface area contributed by atoms with E-state index in [1.165, 1.54) is 24.5 Å². The maximum Gasteiger partial charge on any atom is 0.254 e. The number of aryl methyl sites for hydroxylation is 1. The number of benzene rings is 2. The topological polar surface area (TPSA) is 62.1 Å². The van der Waals surface area contributed by atoms with Crippen LogP contribution in [0.15, 0.2) is 60.1 Å². The Hall–Kier alpha value is -3.10. The van der Waals surface area contributed by atoms with Crippen LogP contribution in [0.2, 0.25) is 0 Å². The maximum atomic E-state index is 12.8. The van der Waals surface area contributed by atoms with Crippen molar-refractivity contribution in [1.82, 2.24) is 9.80 Å². The third kappa shape index (κ3) is 6.46. The summed E-state index contributed by atoms with van der Waals surface area (Å²) >= 11 is 0. The quantitative estimate of drug-likeness (QED) is 0.253. The van der Waals surface area contributed by atoms with Crippen molar-refractivity contribution in [3.05, 3.63) is 76.8 Å². The minimum Gasteiger partial charge on any atom is -0.480 e. The lowest BCUT2D eigenvalue weighted by atomic mass is 10.1. The van der Waals surface area contributed by atoms with Gasteiger partial charge in [-0.1, -0.05) is 56.7 Å². The zero-order valence-electron chi connectivity index (χ0n) is 20.9. The molecule has 0 aliphatic heterocycles. The molecule has 176 valence electrons. The Labute approximate surface area is 199 Å². The Kier molecular flexibility index (Phi) is 9.69. The molecular formula is C28H38N3O2+. The van der Waals surface area contributed by atoms with Crippen molar-refractivity contribution in [2.75, 3.05) is 20.1 Å². The molecule has 0 fully saturated rings. The first-order chi connectivity index (χ1) is 15.8. The molecule has 0 aromatic heterocycles. The molecule has 1 unspecified atom stereocenters. The highest BCUT2D eigenvalue weighted by molar-refractivity contribution is 5.92. The van der Waals surface area contributed by atoms with Crippen LogP contribution in [-0.4, -0.2) is 32.0 Å². The van der Waals surface area contributed by atoms with Crippen molar-refractivity contribution in [1.29, 1.82) is 5.26 Å². The first-order valence-corrected chi connectivity index (χ1v) is 11.8. The molecule has 0 spiro atoms. The maximum absolute atomic E-state index is 12.8. The summed E-state index contributed by atoms with van der Waals surface area (Å²) < 4.78 is 6.70. The second-order valence-corrected chi connectivity index (χ2v) is 8.72. The summed E-state index contributed by atoms with van der Waals surface area (Å²) in [4.78, 5) is 12.8. The number of nitrogens with zero attached hydrogens (tertiary/aromatic N) is 2. The zero-order valence-corrected chi connectivity index (χ0v) is 20.9. The highest BCUT2D eigenvalue weighted by atomic mass is 16.5. The summed E-state index contributed by atoms with van der Waals surface area (Å²) in [5.74, 6) is 0.805. The van der Waals surface area contributed by atoms with Crippen LogP contribution < -0.4 is 9.80 Å². The van der Waals surface area contributed by atoms with Gasteiger partial charge in [-0.15, -0.1) is 0 Å². The number of Topliss-reactive ketones (excluding diaryl/α,β-unsaturated/α-hetero) is 1. The lowest BCUT2D eigenvalue weighted by Crippen LogP contribution is -2.50. The fourth-order valence-corrected chi connectivity index (χ4v) is 4.08. The number of ether oxygens (including phenoxy) is 1. The van der Waals surface area contributed by atoms with Gasteiger partial charge in [0.05, 0.1) is 19.7 Å². The van der Waals surface area contributed by atoms with E-state index in [-0.39, 0.29) is 18.4 Å². The summed E-state index contributed by atoms with van der Waals surface area (Å²) in [6, 6.07) is 18.7. The summed E-state index contributed by atoms with van der Waals surface area (Å²) in [6.07, 6.45) is 2.71. The van der Waals surface area contributed by atoms with Gasteiger partial charge >= 0.3 is 0 Å². The largest absolute Gasteiger partial charge is 0.480 e. The molecule has 1 N–H and O–H groups in total. The van der Waals surface area contributed by atoms with Gasteiger partial charge in [-0.2, -0.15) is 5.26 Å². The van der Waals surface area contributed by atoms with Crippen LogP contribution in [0.5, 0.6) is 0 Å². The first kappa shape index (κ1) is 26.2. The number of quaternary nitrogens is 1. The Morgan fingerprint density at radius 3 is 2.21 bits per heavy atom. The van der Waals surface area contributed by atoms with E-state index < -0.39 is 0 Å².